The van der Waals surface area contributed by atoms with Crippen molar-refractivity contribution in [2.75, 3.05) is 26.6 Å². The molecule has 134 valence electrons. The largest absolute Gasteiger partial charge is 0.493 e. The van der Waals surface area contributed by atoms with E-state index in [-0.39, 0.29) is 17.5 Å². The summed E-state index contributed by atoms with van der Waals surface area (Å²) in [5, 5.41) is 10.2. The summed E-state index contributed by atoms with van der Waals surface area (Å²) < 4.78 is 21.2. The third kappa shape index (κ3) is 3.41. The molecule has 0 atom stereocenters. The van der Waals surface area contributed by atoms with E-state index in [2.05, 4.69) is 20.5 Å². The van der Waals surface area contributed by atoms with Crippen LogP contribution in [-0.2, 0) is 0 Å². The fraction of sp³-hybridized carbons (Fsp3) is 0.176. The average molecular weight is 356 g/mol. The summed E-state index contributed by atoms with van der Waals surface area (Å²) in [6.45, 7) is 0. The van der Waals surface area contributed by atoms with E-state index in [1.165, 1.54) is 33.5 Å². The molecule has 3 rings (SSSR count). The summed E-state index contributed by atoms with van der Waals surface area (Å²) in [4.78, 5) is 16.5. The maximum atomic E-state index is 12.5. The second kappa shape index (κ2) is 7.51. The first-order valence-electron chi connectivity index (χ1n) is 7.51. The van der Waals surface area contributed by atoms with Crippen LogP contribution in [0.2, 0.25) is 0 Å². The SMILES string of the molecule is COc1cc(C(=O)Nc2nnc(-c3cccnc3)o2)cc(OC)c1OC. The van der Waals surface area contributed by atoms with Gasteiger partial charge in [-0.25, -0.2) is 0 Å². The molecule has 0 aliphatic rings. The Kier molecular flexibility index (Phi) is 4.97. The summed E-state index contributed by atoms with van der Waals surface area (Å²) in [6, 6.07) is 6.52. The van der Waals surface area contributed by atoms with Gasteiger partial charge >= 0.3 is 6.01 Å². The van der Waals surface area contributed by atoms with E-state index in [0.29, 0.717) is 22.8 Å². The number of pyridine rings is 1. The van der Waals surface area contributed by atoms with E-state index in [1.54, 1.807) is 24.5 Å². The minimum Gasteiger partial charge on any atom is -0.493 e. The molecule has 0 bridgehead atoms. The Morgan fingerprint density at radius 3 is 2.38 bits per heavy atom. The lowest BCUT2D eigenvalue weighted by atomic mass is 10.1. The number of nitrogens with zero attached hydrogens (tertiary/aromatic N) is 3. The molecule has 2 aromatic heterocycles. The molecule has 0 saturated carbocycles. The van der Waals surface area contributed by atoms with Crippen LogP contribution in [0, 0.1) is 0 Å². The number of anilines is 1. The number of hydrogen-bond donors (Lipinski definition) is 1. The van der Waals surface area contributed by atoms with E-state index in [9.17, 15) is 4.79 Å². The number of ether oxygens (including phenoxy) is 3. The van der Waals surface area contributed by atoms with Gasteiger partial charge in [0.15, 0.2) is 11.5 Å². The maximum Gasteiger partial charge on any atom is 0.322 e. The molecule has 0 radical (unpaired) electrons. The number of aromatic nitrogens is 3. The molecule has 0 spiro atoms. The molecule has 9 heteroatoms. The highest BCUT2D eigenvalue weighted by molar-refractivity contribution is 6.04. The molecule has 1 amide bonds. The van der Waals surface area contributed by atoms with Crippen molar-refractivity contribution in [2.24, 2.45) is 0 Å². The number of carbonyl (C=O) groups is 1. The maximum absolute atomic E-state index is 12.5. The number of rotatable bonds is 6. The zero-order valence-electron chi connectivity index (χ0n) is 14.3. The highest BCUT2D eigenvalue weighted by Gasteiger charge is 2.19. The van der Waals surface area contributed by atoms with E-state index in [4.69, 9.17) is 18.6 Å². The first-order chi connectivity index (χ1) is 12.7. The lowest BCUT2D eigenvalue weighted by Crippen LogP contribution is -2.13. The molecule has 0 aliphatic heterocycles. The van der Waals surface area contributed by atoms with Gasteiger partial charge in [-0.05, 0) is 24.3 Å². The molecule has 0 aliphatic carbocycles. The summed E-state index contributed by atoms with van der Waals surface area (Å²) in [5.41, 5.74) is 0.925. The Labute approximate surface area is 148 Å². The Bertz CT molecular complexity index is 886. The van der Waals surface area contributed by atoms with Crippen LogP contribution in [0.4, 0.5) is 6.01 Å². The first kappa shape index (κ1) is 17.2. The number of hydrogen-bond acceptors (Lipinski definition) is 8. The van der Waals surface area contributed by atoms with Crippen LogP contribution in [-0.4, -0.2) is 42.4 Å². The van der Waals surface area contributed by atoms with Gasteiger partial charge in [0.25, 0.3) is 11.8 Å². The Balaban J connectivity index is 1.83. The van der Waals surface area contributed by atoms with Crippen molar-refractivity contribution in [3.8, 4) is 28.7 Å². The molecular weight excluding hydrogens is 340 g/mol. The highest BCUT2D eigenvalue weighted by atomic mass is 16.5. The number of amides is 1. The van der Waals surface area contributed by atoms with Gasteiger partial charge in [-0.3, -0.25) is 15.1 Å². The summed E-state index contributed by atoms with van der Waals surface area (Å²) in [5.74, 6) is 0.893. The van der Waals surface area contributed by atoms with E-state index in [0.717, 1.165) is 0 Å². The Hall–Kier alpha value is -3.62. The molecule has 3 aromatic rings. The van der Waals surface area contributed by atoms with Crippen molar-refractivity contribution in [2.45, 2.75) is 0 Å². The van der Waals surface area contributed by atoms with Crippen molar-refractivity contribution in [3.05, 3.63) is 42.2 Å². The molecular formula is C17H16N4O5. The highest BCUT2D eigenvalue weighted by Crippen LogP contribution is 2.38. The van der Waals surface area contributed by atoms with Crippen LogP contribution in [0.25, 0.3) is 11.5 Å². The van der Waals surface area contributed by atoms with Gasteiger partial charge in [0, 0.05) is 18.0 Å². The molecule has 1 aromatic carbocycles. The number of benzene rings is 1. The zero-order valence-corrected chi connectivity index (χ0v) is 14.3. The van der Waals surface area contributed by atoms with Crippen molar-refractivity contribution < 1.29 is 23.4 Å². The van der Waals surface area contributed by atoms with Crippen molar-refractivity contribution >= 4 is 11.9 Å². The lowest BCUT2D eigenvalue weighted by Gasteiger charge is -2.13. The second-order valence-corrected chi connectivity index (χ2v) is 5.02. The van der Waals surface area contributed by atoms with Crippen LogP contribution in [0.3, 0.4) is 0 Å². The van der Waals surface area contributed by atoms with Crippen LogP contribution < -0.4 is 19.5 Å². The third-order valence-corrected chi connectivity index (χ3v) is 3.48. The number of carbonyl (C=O) groups excluding carboxylic acids is 1. The van der Waals surface area contributed by atoms with Gasteiger partial charge in [-0.15, -0.1) is 5.10 Å². The standard InChI is InChI=1S/C17H16N4O5/c1-23-12-7-11(8-13(24-2)14(12)25-3)15(22)19-17-21-20-16(26-17)10-5-4-6-18-9-10/h4-9H,1-3H3,(H,19,21,22). The molecule has 9 nitrogen and oxygen atoms in total. The molecule has 2 heterocycles. The normalized spacial score (nSPS) is 10.3. The third-order valence-electron chi connectivity index (χ3n) is 3.48. The summed E-state index contributed by atoms with van der Waals surface area (Å²) >= 11 is 0. The first-order valence-corrected chi connectivity index (χ1v) is 7.51. The second-order valence-electron chi connectivity index (χ2n) is 5.02. The van der Waals surface area contributed by atoms with Crippen LogP contribution in [0.15, 0.2) is 41.1 Å². The number of nitrogens with one attached hydrogen (secondary N) is 1. The minimum absolute atomic E-state index is 0.0393. The summed E-state index contributed by atoms with van der Waals surface area (Å²) in [6.07, 6.45) is 3.21. The smallest absolute Gasteiger partial charge is 0.322 e. The Morgan fingerprint density at radius 2 is 1.81 bits per heavy atom. The predicted molar refractivity (Wildman–Crippen MR) is 91.6 cm³/mol. The van der Waals surface area contributed by atoms with Crippen molar-refractivity contribution in [1.29, 1.82) is 0 Å². The van der Waals surface area contributed by atoms with Gasteiger partial charge in [-0.2, -0.15) is 0 Å². The van der Waals surface area contributed by atoms with Gasteiger partial charge in [0.05, 0.1) is 26.9 Å². The van der Waals surface area contributed by atoms with E-state index >= 15 is 0 Å². The van der Waals surface area contributed by atoms with E-state index in [1.807, 2.05) is 0 Å². The minimum atomic E-state index is -0.467. The molecule has 1 N–H and O–H groups in total. The zero-order chi connectivity index (χ0) is 18.5. The van der Waals surface area contributed by atoms with Gasteiger partial charge in [-0.1, -0.05) is 5.10 Å². The molecule has 0 unspecified atom stereocenters. The van der Waals surface area contributed by atoms with Crippen LogP contribution >= 0.6 is 0 Å². The predicted octanol–water partition coefficient (Wildman–Crippen LogP) is 2.41. The van der Waals surface area contributed by atoms with Crippen LogP contribution in [0.1, 0.15) is 10.4 Å². The van der Waals surface area contributed by atoms with Gasteiger partial charge in [0.1, 0.15) is 0 Å². The lowest BCUT2D eigenvalue weighted by molar-refractivity contribution is 0.102. The topological polar surface area (TPSA) is 109 Å². The molecule has 0 fully saturated rings. The van der Waals surface area contributed by atoms with Crippen molar-refractivity contribution in [3.63, 3.8) is 0 Å². The van der Waals surface area contributed by atoms with Gasteiger partial charge in [0.2, 0.25) is 5.75 Å². The molecule has 0 saturated heterocycles. The van der Waals surface area contributed by atoms with Crippen molar-refractivity contribution in [1.82, 2.24) is 15.2 Å². The molecule has 26 heavy (non-hydrogen) atoms. The number of methoxy groups -OCH3 is 3. The fourth-order valence-electron chi connectivity index (χ4n) is 2.26. The summed E-state index contributed by atoms with van der Waals surface area (Å²) in [7, 11) is 4.42. The average Bonchev–Trinajstić information content (AvgIpc) is 3.15. The fourth-order valence-corrected chi connectivity index (χ4v) is 2.26. The quantitative estimate of drug-likeness (QED) is 0.717. The monoisotopic (exact) mass is 356 g/mol. The Morgan fingerprint density at radius 1 is 1.08 bits per heavy atom. The van der Waals surface area contributed by atoms with Gasteiger partial charge < -0.3 is 18.6 Å². The van der Waals surface area contributed by atoms with E-state index < -0.39 is 5.91 Å². The van der Waals surface area contributed by atoms with Crippen LogP contribution in [0.5, 0.6) is 17.2 Å².